The van der Waals surface area contributed by atoms with Crippen molar-refractivity contribution in [2.45, 2.75) is 38.8 Å². The maximum atomic E-state index is 11.5. The number of fused-ring (bicyclic) bond motifs is 1. The van der Waals surface area contributed by atoms with Crippen LogP contribution in [0.2, 0.25) is 0 Å². The van der Waals surface area contributed by atoms with Crippen LogP contribution in [-0.2, 0) is 11.2 Å². The Morgan fingerprint density at radius 1 is 1.44 bits per heavy atom. The fourth-order valence-electron chi connectivity index (χ4n) is 2.04. The van der Waals surface area contributed by atoms with Crippen molar-refractivity contribution in [1.29, 1.82) is 0 Å². The number of hydrogen-bond acceptors (Lipinski definition) is 2. The molecule has 3 nitrogen and oxygen atoms in total. The molecule has 0 saturated carbocycles. The summed E-state index contributed by atoms with van der Waals surface area (Å²) in [5, 5.41) is 2.74. The average Bonchev–Trinajstić information content (AvgIpc) is 2.61. The quantitative estimate of drug-likeness (QED) is 0.830. The topological polar surface area (TPSA) is 38.3 Å². The third-order valence-electron chi connectivity index (χ3n) is 2.73. The van der Waals surface area contributed by atoms with Crippen LogP contribution < -0.4 is 5.32 Å². The van der Waals surface area contributed by atoms with E-state index in [-0.39, 0.29) is 18.2 Å². The van der Waals surface area contributed by atoms with Gasteiger partial charge >= 0.3 is 6.09 Å². The van der Waals surface area contributed by atoms with Crippen molar-refractivity contribution in [3.05, 3.63) is 35.4 Å². The van der Waals surface area contributed by atoms with E-state index in [1.807, 2.05) is 32.0 Å². The van der Waals surface area contributed by atoms with Crippen molar-refractivity contribution < 1.29 is 9.53 Å². The molecule has 3 heteroatoms. The van der Waals surface area contributed by atoms with Crippen molar-refractivity contribution in [1.82, 2.24) is 5.32 Å². The standard InChI is InChI=1S/C13H17NO2/c1-9(2)14-13(15)16-12-8-7-10-5-3-4-6-11(10)12/h3-6,9,12H,7-8H2,1-2H3,(H,14,15). The molecule has 0 heterocycles. The molecule has 0 bridgehead atoms. The molecule has 1 aromatic rings. The van der Waals surface area contributed by atoms with E-state index in [4.69, 9.17) is 4.74 Å². The molecule has 0 aromatic heterocycles. The van der Waals surface area contributed by atoms with Gasteiger partial charge < -0.3 is 10.1 Å². The van der Waals surface area contributed by atoms with Gasteiger partial charge in [0.1, 0.15) is 6.10 Å². The summed E-state index contributed by atoms with van der Waals surface area (Å²) in [6.07, 6.45) is 1.49. The fourth-order valence-corrected chi connectivity index (χ4v) is 2.04. The summed E-state index contributed by atoms with van der Waals surface area (Å²) in [5.74, 6) is 0. The number of nitrogens with one attached hydrogen (secondary N) is 1. The number of amides is 1. The second kappa shape index (κ2) is 4.56. The summed E-state index contributed by atoms with van der Waals surface area (Å²) in [7, 11) is 0. The molecule has 1 unspecified atom stereocenters. The molecular weight excluding hydrogens is 202 g/mol. The minimum atomic E-state index is -0.322. The number of aryl methyl sites for hydroxylation is 1. The second-order valence-electron chi connectivity index (χ2n) is 4.43. The highest BCUT2D eigenvalue weighted by Gasteiger charge is 2.25. The molecule has 0 spiro atoms. The Bertz CT molecular complexity index is 387. The minimum Gasteiger partial charge on any atom is -0.441 e. The van der Waals surface area contributed by atoms with Gasteiger partial charge in [0.15, 0.2) is 0 Å². The second-order valence-corrected chi connectivity index (χ2v) is 4.43. The Morgan fingerprint density at radius 3 is 2.94 bits per heavy atom. The lowest BCUT2D eigenvalue weighted by molar-refractivity contribution is 0.0963. The lowest BCUT2D eigenvalue weighted by Gasteiger charge is -2.15. The highest BCUT2D eigenvalue weighted by Crippen LogP contribution is 2.33. The van der Waals surface area contributed by atoms with Crippen molar-refractivity contribution >= 4 is 6.09 Å². The van der Waals surface area contributed by atoms with Gasteiger partial charge in [-0.15, -0.1) is 0 Å². The van der Waals surface area contributed by atoms with E-state index in [1.165, 1.54) is 5.56 Å². The maximum absolute atomic E-state index is 11.5. The Labute approximate surface area is 95.8 Å². The Kier molecular flexibility index (Phi) is 3.13. The largest absolute Gasteiger partial charge is 0.441 e. The van der Waals surface area contributed by atoms with Gasteiger partial charge in [-0.3, -0.25) is 0 Å². The van der Waals surface area contributed by atoms with Crippen LogP contribution in [-0.4, -0.2) is 12.1 Å². The SMILES string of the molecule is CC(C)NC(=O)OC1CCc2ccccc21. The zero-order valence-corrected chi connectivity index (χ0v) is 9.69. The predicted molar refractivity (Wildman–Crippen MR) is 62.3 cm³/mol. The minimum absolute atomic E-state index is 0.0741. The van der Waals surface area contributed by atoms with Gasteiger partial charge in [0.05, 0.1) is 0 Å². The van der Waals surface area contributed by atoms with Crippen LogP contribution in [0, 0.1) is 0 Å². The normalized spacial score (nSPS) is 18.3. The summed E-state index contributed by atoms with van der Waals surface area (Å²) in [6.45, 7) is 3.84. The van der Waals surface area contributed by atoms with Gasteiger partial charge in [-0.2, -0.15) is 0 Å². The zero-order chi connectivity index (χ0) is 11.5. The maximum Gasteiger partial charge on any atom is 0.407 e. The van der Waals surface area contributed by atoms with Crippen LogP contribution in [0.4, 0.5) is 4.79 Å². The van der Waals surface area contributed by atoms with Crippen LogP contribution in [0.25, 0.3) is 0 Å². The first kappa shape index (κ1) is 11.0. The van der Waals surface area contributed by atoms with Crippen molar-refractivity contribution in [3.63, 3.8) is 0 Å². The molecule has 1 atom stereocenters. The van der Waals surface area contributed by atoms with Gasteiger partial charge in [-0.1, -0.05) is 24.3 Å². The number of carbonyl (C=O) groups excluding carboxylic acids is 1. The first-order valence-electron chi connectivity index (χ1n) is 5.72. The van der Waals surface area contributed by atoms with Gasteiger partial charge in [0, 0.05) is 6.04 Å². The summed E-state index contributed by atoms with van der Waals surface area (Å²) < 4.78 is 5.40. The third-order valence-corrected chi connectivity index (χ3v) is 2.73. The molecule has 2 rings (SSSR count). The molecule has 0 radical (unpaired) electrons. The number of hydrogen-bond donors (Lipinski definition) is 1. The summed E-state index contributed by atoms with van der Waals surface area (Å²) >= 11 is 0. The van der Waals surface area contributed by atoms with Crippen LogP contribution >= 0.6 is 0 Å². The Balaban J connectivity index is 2.00. The van der Waals surface area contributed by atoms with Gasteiger partial charge in [-0.05, 0) is 37.8 Å². The van der Waals surface area contributed by atoms with E-state index in [2.05, 4.69) is 11.4 Å². The smallest absolute Gasteiger partial charge is 0.407 e. The van der Waals surface area contributed by atoms with Gasteiger partial charge in [0.25, 0.3) is 0 Å². The highest BCUT2D eigenvalue weighted by molar-refractivity contribution is 5.68. The van der Waals surface area contributed by atoms with E-state index in [9.17, 15) is 4.79 Å². The van der Waals surface area contributed by atoms with E-state index >= 15 is 0 Å². The molecule has 1 aliphatic rings. The number of benzene rings is 1. The molecular formula is C13H17NO2. The first-order chi connectivity index (χ1) is 7.66. The highest BCUT2D eigenvalue weighted by atomic mass is 16.6. The van der Waals surface area contributed by atoms with Crippen LogP contribution in [0.1, 0.15) is 37.5 Å². The van der Waals surface area contributed by atoms with Gasteiger partial charge in [-0.25, -0.2) is 4.79 Å². The Hall–Kier alpha value is -1.51. The zero-order valence-electron chi connectivity index (χ0n) is 9.69. The number of carbonyl (C=O) groups is 1. The van der Waals surface area contributed by atoms with Gasteiger partial charge in [0.2, 0.25) is 0 Å². The lowest BCUT2D eigenvalue weighted by Crippen LogP contribution is -2.31. The number of alkyl carbamates (subject to hydrolysis) is 1. The number of ether oxygens (including phenoxy) is 1. The fraction of sp³-hybridized carbons (Fsp3) is 0.462. The van der Waals surface area contributed by atoms with E-state index in [1.54, 1.807) is 0 Å². The molecule has 86 valence electrons. The van der Waals surface area contributed by atoms with E-state index in [0.717, 1.165) is 18.4 Å². The van der Waals surface area contributed by atoms with Crippen LogP contribution in [0.5, 0.6) is 0 Å². The Morgan fingerprint density at radius 2 is 2.19 bits per heavy atom. The molecule has 0 fully saturated rings. The molecule has 1 aliphatic carbocycles. The molecule has 1 N–H and O–H groups in total. The molecule has 16 heavy (non-hydrogen) atoms. The third kappa shape index (κ3) is 2.35. The van der Waals surface area contributed by atoms with E-state index in [0.29, 0.717) is 0 Å². The summed E-state index contributed by atoms with van der Waals surface area (Å²) in [6, 6.07) is 8.26. The van der Waals surface area contributed by atoms with Crippen molar-refractivity contribution in [3.8, 4) is 0 Å². The number of rotatable bonds is 2. The predicted octanol–water partition coefficient (Wildman–Crippen LogP) is 2.81. The van der Waals surface area contributed by atoms with Crippen molar-refractivity contribution in [2.75, 3.05) is 0 Å². The molecule has 0 saturated heterocycles. The summed E-state index contributed by atoms with van der Waals surface area (Å²) in [5.41, 5.74) is 2.45. The lowest BCUT2D eigenvalue weighted by atomic mass is 10.1. The van der Waals surface area contributed by atoms with Crippen LogP contribution in [0.15, 0.2) is 24.3 Å². The molecule has 1 aromatic carbocycles. The monoisotopic (exact) mass is 219 g/mol. The molecule has 0 aliphatic heterocycles. The first-order valence-corrected chi connectivity index (χ1v) is 5.72. The molecule has 1 amide bonds. The van der Waals surface area contributed by atoms with Crippen molar-refractivity contribution in [2.24, 2.45) is 0 Å². The van der Waals surface area contributed by atoms with E-state index < -0.39 is 0 Å². The van der Waals surface area contributed by atoms with Crippen LogP contribution in [0.3, 0.4) is 0 Å². The average molecular weight is 219 g/mol. The summed E-state index contributed by atoms with van der Waals surface area (Å²) in [4.78, 5) is 11.5.